The zero-order chi connectivity index (χ0) is 17.3. The van der Waals surface area contributed by atoms with Crippen molar-refractivity contribution < 1.29 is 14.7 Å². The minimum Gasteiger partial charge on any atom is -0.481 e. The maximum absolute atomic E-state index is 12.7. The SMILES string of the molecule is Cc1cc(N2CCC(NC3CCC(C(=O)O)CC3)C2=O)ccc1Br. The van der Waals surface area contributed by atoms with Gasteiger partial charge in [-0.05, 0) is 62.8 Å². The van der Waals surface area contributed by atoms with Gasteiger partial charge < -0.3 is 15.3 Å². The van der Waals surface area contributed by atoms with Crippen LogP contribution in [0.4, 0.5) is 5.69 Å². The molecule has 5 nitrogen and oxygen atoms in total. The number of halogens is 1. The highest BCUT2D eigenvalue weighted by molar-refractivity contribution is 9.10. The van der Waals surface area contributed by atoms with Gasteiger partial charge in [0.1, 0.15) is 0 Å². The normalized spacial score (nSPS) is 27.5. The lowest BCUT2D eigenvalue weighted by Gasteiger charge is -2.29. The number of aryl methyl sites for hydroxylation is 1. The third-order valence-electron chi connectivity index (χ3n) is 5.17. The molecule has 1 amide bonds. The van der Waals surface area contributed by atoms with E-state index in [2.05, 4.69) is 21.2 Å². The van der Waals surface area contributed by atoms with Crippen molar-refractivity contribution in [1.82, 2.24) is 5.32 Å². The molecular weight excluding hydrogens is 372 g/mol. The van der Waals surface area contributed by atoms with Crippen LogP contribution < -0.4 is 10.2 Å². The molecule has 0 bridgehead atoms. The molecule has 1 saturated carbocycles. The molecule has 1 aromatic rings. The highest BCUT2D eigenvalue weighted by atomic mass is 79.9. The molecule has 2 fully saturated rings. The van der Waals surface area contributed by atoms with Gasteiger partial charge in [-0.25, -0.2) is 0 Å². The molecule has 1 aliphatic heterocycles. The quantitative estimate of drug-likeness (QED) is 0.822. The molecular formula is C18H23BrN2O3. The first-order valence-corrected chi connectivity index (χ1v) is 9.31. The molecule has 3 rings (SSSR count). The van der Waals surface area contributed by atoms with Crippen LogP contribution in [0.3, 0.4) is 0 Å². The van der Waals surface area contributed by atoms with E-state index in [1.54, 1.807) is 0 Å². The summed E-state index contributed by atoms with van der Waals surface area (Å²) in [6.45, 7) is 2.74. The zero-order valence-corrected chi connectivity index (χ0v) is 15.4. The summed E-state index contributed by atoms with van der Waals surface area (Å²) in [4.78, 5) is 25.6. The van der Waals surface area contributed by atoms with Crippen LogP contribution in [0.25, 0.3) is 0 Å². The lowest BCUT2D eigenvalue weighted by Crippen LogP contribution is -2.45. The van der Waals surface area contributed by atoms with Crippen LogP contribution in [-0.4, -0.2) is 35.6 Å². The van der Waals surface area contributed by atoms with Crippen molar-refractivity contribution in [1.29, 1.82) is 0 Å². The molecule has 1 aliphatic carbocycles. The third kappa shape index (κ3) is 3.64. The fraction of sp³-hybridized carbons (Fsp3) is 0.556. The number of hydrogen-bond acceptors (Lipinski definition) is 3. The van der Waals surface area contributed by atoms with Crippen LogP contribution in [-0.2, 0) is 9.59 Å². The van der Waals surface area contributed by atoms with E-state index in [0.717, 1.165) is 41.5 Å². The summed E-state index contributed by atoms with van der Waals surface area (Å²) in [7, 11) is 0. The van der Waals surface area contributed by atoms with Gasteiger partial charge in [-0.1, -0.05) is 15.9 Å². The Morgan fingerprint density at radius 1 is 1.25 bits per heavy atom. The van der Waals surface area contributed by atoms with E-state index in [1.165, 1.54) is 0 Å². The Kier molecular flexibility index (Phi) is 5.25. The van der Waals surface area contributed by atoms with Gasteiger partial charge in [-0.15, -0.1) is 0 Å². The Morgan fingerprint density at radius 3 is 2.58 bits per heavy atom. The molecule has 0 spiro atoms. The van der Waals surface area contributed by atoms with Crippen LogP contribution in [0.5, 0.6) is 0 Å². The average Bonchev–Trinajstić information content (AvgIpc) is 2.91. The van der Waals surface area contributed by atoms with Crippen molar-refractivity contribution in [3.05, 3.63) is 28.2 Å². The van der Waals surface area contributed by atoms with Gasteiger partial charge in [0.05, 0.1) is 12.0 Å². The second kappa shape index (κ2) is 7.23. The largest absolute Gasteiger partial charge is 0.481 e. The van der Waals surface area contributed by atoms with E-state index in [-0.39, 0.29) is 23.9 Å². The Balaban J connectivity index is 1.58. The lowest BCUT2D eigenvalue weighted by molar-refractivity contribution is -0.143. The van der Waals surface area contributed by atoms with Crippen LogP contribution in [0.15, 0.2) is 22.7 Å². The predicted octanol–water partition coefficient (Wildman–Crippen LogP) is 3.10. The van der Waals surface area contributed by atoms with Crippen molar-refractivity contribution in [2.45, 2.75) is 51.1 Å². The monoisotopic (exact) mass is 394 g/mol. The maximum atomic E-state index is 12.7. The average molecular weight is 395 g/mol. The molecule has 24 heavy (non-hydrogen) atoms. The lowest BCUT2D eigenvalue weighted by atomic mass is 9.86. The van der Waals surface area contributed by atoms with E-state index in [1.807, 2.05) is 30.0 Å². The molecule has 1 atom stereocenters. The van der Waals surface area contributed by atoms with Crippen molar-refractivity contribution in [3.8, 4) is 0 Å². The summed E-state index contributed by atoms with van der Waals surface area (Å²) in [5.74, 6) is -0.788. The molecule has 1 saturated heterocycles. The molecule has 1 heterocycles. The van der Waals surface area contributed by atoms with Crippen LogP contribution >= 0.6 is 15.9 Å². The third-order valence-corrected chi connectivity index (χ3v) is 6.06. The minimum atomic E-state index is -0.692. The van der Waals surface area contributed by atoms with Gasteiger partial charge in [0.25, 0.3) is 0 Å². The van der Waals surface area contributed by atoms with Crippen molar-refractivity contribution in [2.75, 3.05) is 11.4 Å². The predicted molar refractivity (Wildman–Crippen MR) is 96.2 cm³/mol. The number of nitrogens with one attached hydrogen (secondary N) is 1. The number of carbonyl (C=O) groups is 2. The number of rotatable bonds is 4. The summed E-state index contributed by atoms with van der Waals surface area (Å²) >= 11 is 3.49. The van der Waals surface area contributed by atoms with Gasteiger partial charge in [-0.2, -0.15) is 0 Å². The summed E-state index contributed by atoms with van der Waals surface area (Å²) in [6.07, 6.45) is 3.86. The molecule has 2 aliphatic rings. The zero-order valence-electron chi connectivity index (χ0n) is 13.8. The number of benzene rings is 1. The molecule has 130 valence electrons. The second-order valence-corrected chi connectivity index (χ2v) is 7.67. The fourth-order valence-electron chi connectivity index (χ4n) is 3.68. The van der Waals surface area contributed by atoms with E-state index >= 15 is 0 Å². The van der Waals surface area contributed by atoms with Gasteiger partial charge >= 0.3 is 5.97 Å². The number of anilines is 1. The Bertz CT molecular complexity index is 641. The summed E-state index contributed by atoms with van der Waals surface area (Å²) < 4.78 is 1.04. The number of aliphatic carboxylic acids is 1. The molecule has 6 heteroatoms. The number of nitrogens with zero attached hydrogens (tertiary/aromatic N) is 1. The van der Waals surface area contributed by atoms with Crippen molar-refractivity contribution in [3.63, 3.8) is 0 Å². The molecule has 1 unspecified atom stereocenters. The Hall–Kier alpha value is -1.40. The highest BCUT2D eigenvalue weighted by Gasteiger charge is 2.35. The highest BCUT2D eigenvalue weighted by Crippen LogP contribution is 2.28. The summed E-state index contributed by atoms with van der Waals surface area (Å²) in [5, 5.41) is 12.5. The number of hydrogen-bond donors (Lipinski definition) is 2. The van der Waals surface area contributed by atoms with Gasteiger partial charge in [-0.3, -0.25) is 9.59 Å². The van der Waals surface area contributed by atoms with Crippen molar-refractivity contribution in [2.24, 2.45) is 5.92 Å². The molecule has 1 aromatic carbocycles. The standard InChI is InChI=1S/C18H23BrN2O3/c1-11-10-14(6-7-15(11)19)21-9-8-16(17(21)22)20-13-4-2-12(3-5-13)18(23)24/h6-7,10,12-13,16,20H,2-5,8-9H2,1H3,(H,23,24). The fourth-order valence-corrected chi connectivity index (χ4v) is 3.93. The van der Waals surface area contributed by atoms with Crippen LogP contribution in [0.2, 0.25) is 0 Å². The first-order chi connectivity index (χ1) is 11.5. The molecule has 2 N–H and O–H groups in total. The van der Waals surface area contributed by atoms with E-state index < -0.39 is 5.97 Å². The first-order valence-electron chi connectivity index (χ1n) is 8.52. The van der Waals surface area contributed by atoms with E-state index in [0.29, 0.717) is 12.8 Å². The van der Waals surface area contributed by atoms with Gasteiger partial charge in [0.15, 0.2) is 0 Å². The van der Waals surface area contributed by atoms with Crippen LogP contribution in [0.1, 0.15) is 37.7 Å². The van der Waals surface area contributed by atoms with Gasteiger partial charge in [0, 0.05) is 22.7 Å². The number of carboxylic acid groups (broad SMARTS) is 1. The van der Waals surface area contributed by atoms with E-state index in [4.69, 9.17) is 5.11 Å². The maximum Gasteiger partial charge on any atom is 0.306 e. The minimum absolute atomic E-state index is 0.122. The van der Waals surface area contributed by atoms with Crippen LogP contribution in [0, 0.1) is 12.8 Å². The second-order valence-electron chi connectivity index (χ2n) is 6.82. The number of amides is 1. The number of carboxylic acids is 1. The topological polar surface area (TPSA) is 69.6 Å². The van der Waals surface area contributed by atoms with E-state index in [9.17, 15) is 9.59 Å². The van der Waals surface area contributed by atoms with Crippen molar-refractivity contribution >= 4 is 33.5 Å². The first kappa shape index (κ1) is 17.4. The summed E-state index contributed by atoms with van der Waals surface area (Å²) in [6, 6.07) is 6.07. The Labute approximate surface area is 150 Å². The smallest absolute Gasteiger partial charge is 0.306 e. The van der Waals surface area contributed by atoms with Gasteiger partial charge in [0.2, 0.25) is 5.91 Å². The molecule has 0 aromatic heterocycles. The Morgan fingerprint density at radius 2 is 1.96 bits per heavy atom. The summed E-state index contributed by atoms with van der Waals surface area (Å²) in [5.41, 5.74) is 2.06. The number of carbonyl (C=O) groups excluding carboxylic acids is 1. The molecule has 0 radical (unpaired) electrons.